The van der Waals surface area contributed by atoms with Gasteiger partial charge in [-0.2, -0.15) is 5.10 Å². The average Bonchev–Trinajstić information content (AvgIpc) is 2.81. The molecular formula is C13H20BrN3O. The van der Waals surface area contributed by atoms with E-state index in [1.54, 1.807) is 6.20 Å². The second kappa shape index (κ2) is 5.87. The number of nitrogens with zero attached hydrogens (tertiary/aromatic N) is 2. The molecule has 2 rings (SSSR count). The molecule has 5 heteroatoms. The smallest absolute Gasteiger partial charge is 0.283 e. The number of anilines is 1. The molecule has 1 aromatic heterocycles. The van der Waals surface area contributed by atoms with Crippen LogP contribution in [0.5, 0.6) is 0 Å². The van der Waals surface area contributed by atoms with Gasteiger partial charge in [0.25, 0.3) is 5.56 Å². The number of halogens is 1. The third kappa shape index (κ3) is 3.13. The van der Waals surface area contributed by atoms with Gasteiger partial charge in [0.05, 0.1) is 11.9 Å². The number of rotatable bonds is 4. The molecule has 1 fully saturated rings. The van der Waals surface area contributed by atoms with Crippen molar-refractivity contribution >= 4 is 21.6 Å². The van der Waals surface area contributed by atoms with E-state index >= 15 is 0 Å². The van der Waals surface area contributed by atoms with Gasteiger partial charge < -0.3 is 5.32 Å². The summed E-state index contributed by atoms with van der Waals surface area (Å²) in [5.74, 6) is 0.413. The van der Waals surface area contributed by atoms with Gasteiger partial charge in [-0.25, -0.2) is 4.68 Å². The highest BCUT2D eigenvalue weighted by Gasteiger charge is 2.17. The summed E-state index contributed by atoms with van der Waals surface area (Å²) in [6.45, 7) is 4.81. The molecule has 0 amide bonds. The van der Waals surface area contributed by atoms with Gasteiger partial charge in [0.1, 0.15) is 4.47 Å². The molecule has 0 saturated heterocycles. The van der Waals surface area contributed by atoms with Crippen molar-refractivity contribution in [3.8, 4) is 0 Å². The van der Waals surface area contributed by atoms with Crippen molar-refractivity contribution in [1.29, 1.82) is 0 Å². The summed E-state index contributed by atoms with van der Waals surface area (Å²) in [6.07, 6.45) is 6.66. The minimum absolute atomic E-state index is 0.0494. The molecule has 0 spiro atoms. The van der Waals surface area contributed by atoms with Gasteiger partial charge in [-0.1, -0.05) is 26.7 Å². The van der Waals surface area contributed by atoms with E-state index in [0.717, 1.165) is 5.69 Å². The van der Waals surface area contributed by atoms with Crippen LogP contribution < -0.4 is 10.9 Å². The van der Waals surface area contributed by atoms with E-state index in [1.807, 2.05) is 0 Å². The van der Waals surface area contributed by atoms with Crippen molar-refractivity contribution in [1.82, 2.24) is 9.78 Å². The lowest BCUT2D eigenvalue weighted by Crippen LogP contribution is -2.27. The molecule has 1 aliphatic carbocycles. The fraction of sp³-hybridized carbons (Fsp3) is 0.692. The Morgan fingerprint density at radius 3 is 2.78 bits per heavy atom. The molecule has 100 valence electrons. The Morgan fingerprint density at radius 2 is 2.17 bits per heavy atom. The number of hydrogen-bond donors (Lipinski definition) is 1. The molecule has 1 N–H and O–H groups in total. The average molecular weight is 314 g/mol. The summed E-state index contributed by atoms with van der Waals surface area (Å²) in [4.78, 5) is 12.1. The first-order chi connectivity index (χ1) is 8.58. The summed E-state index contributed by atoms with van der Waals surface area (Å²) in [5, 5.41) is 7.64. The van der Waals surface area contributed by atoms with Crippen molar-refractivity contribution in [2.45, 2.75) is 52.1 Å². The maximum absolute atomic E-state index is 12.1. The lowest BCUT2D eigenvalue weighted by Gasteiger charge is -2.15. The van der Waals surface area contributed by atoms with Gasteiger partial charge >= 0.3 is 0 Å². The molecule has 4 nitrogen and oxygen atoms in total. The zero-order valence-corrected chi connectivity index (χ0v) is 12.5. The Labute approximate surface area is 116 Å². The van der Waals surface area contributed by atoms with Crippen LogP contribution in [0.1, 0.15) is 39.5 Å². The first-order valence-corrected chi connectivity index (χ1v) is 7.39. The normalized spacial score (nSPS) is 16.4. The minimum atomic E-state index is -0.0494. The minimum Gasteiger partial charge on any atom is -0.380 e. The van der Waals surface area contributed by atoms with Crippen LogP contribution in [0.15, 0.2) is 15.5 Å². The van der Waals surface area contributed by atoms with Crippen LogP contribution in [0.4, 0.5) is 5.69 Å². The van der Waals surface area contributed by atoms with Gasteiger partial charge in [0, 0.05) is 12.6 Å². The van der Waals surface area contributed by atoms with Crippen molar-refractivity contribution in [2.24, 2.45) is 5.92 Å². The number of hydrogen-bond acceptors (Lipinski definition) is 3. The Bertz CT molecular complexity index is 464. The van der Waals surface area contributed by atoms with E-state index in [0.29, 0.717) is 23.0 Å². The molecule has 0 radical (unpaired) electrons. The molecule has 0 aromatic carbocycles. The van der Waals surface area contributed by atoms with E-state index in [1.165, 1.54) is 30.4 Å². The summed E-state index contributed by atoms with van der Waals surface area (Å²) in [6, 6.07) is 0.489. The zero-order valence-electron chi connectivity index (χ0n) is 10.9. The quantitative estimate of drug-likeness (QED) is 0.929. The van der Waals surface area contributed by atoms with Gasteiger partial charge in [-0.3, -0.25) is 4.79 Å². The zero-order chi connectivity index (χ0) is 13.1. The summed E-state index contributed by atoms with van der Waals surface area (Å²) in [5.41, 5.74) is 0.776. The third-order valence-corrected chi connectivity index (χ3v) is 4.00. The maximum Gasteiger partial charge on any atom is 0.283 e. The Morgan fingerprint density at radius 1 is 1.50 bits per heavy atom. The molecule has 0 bridgehead atoms. The van der Waals surface area contributed by atoms with Crippen LogP contribution in [-0.2, 0) is 6.54 Å². The van der Waals surface area contributed by atoms with Crippen molar-refractivity contribution in [3.63, 3.8) is 0 Å². The highest BCUT2D eigenvalue weighted by Crippen LogP contribution is 2.24. The van der Waals surface area contributed by atoms with Gasteiger partial charge in [-0.05, 0) is 34.7 Å². The second-order valence-electron chi connectivity index (χ2n) is 5.38. The van der Waals surface area contributed by atoms with E-state index in [2.05, 4.69) is 40.2 Å². The number of nitrogens with one attached hydrogen (secondary N) is 1. The molecule has 1 aromatic rings. The Balaban J connectivity index is 2.17. The lowest BCUT2D eigenvalue weighted by molar-refractivity contribution is 0.462. The van der Waals surface area contributed by atoms with Gasteiger partial charge in [0.2, 0.25) is 0 Å². The fourth-order valence-electron chi connectivity index (χ4n) is 2.33. The first-order valence-electron chi connectivity index (χ1n) is 6.60. The van der Waals surface area contributed by atoms with Crippen LogP contribution >= 0.6 is 15.9 Å². The predicted octanol–water partition coefficient (Wildman–Crippen LogP) is 3.02. The molecule has 1 heterocycles. The molecule has 1 saturated carbocycles. The van der Waals surface area contributed by atoms with Crippen LogP contribution in [0.3, 0.4) is 0 Å². The SMILES string of the molecule is CC(C)Cn1ncc(NC2CCCC2)c(Br)c1=O. The lowest BCUT2D eigenvalue weighted by atomic mass is 10.2. The summed E-state index contributed by atoms with van der Waals surface area (Å²) in [7, 11) is 0. The standard InChI is InChI=1S/C13H20BrN3O/c1-9(2)8-17-13(18)12(14)11(7-15-17)16-10-5-3-4-6-10/h7,9-10,16H,3-6,8H2,1-2H3. The molecule has 0 aliphatic heterocycles. The third-order valence-electron chi connectivity index (χ3n) is 3.24. The second-order valence-corrected chi connectivity index (χ2v) is 6.17. The summed E-state index contributed by atoms with van der Waals surface area (Å²) < 4.78 is 2.12. The van der Waals surface area contributed by atoms with Crippen LogP contribution in [0.2, 0.25) is 0 Å². The van der Waals surface area contributed by atoms with Crippen LogP contribution in [0.25, 0.3) is 0 Å². The predicted molar refractivity (Wildman–Crippen MR) is 76.9 cm³/mol. The highest BCUT2D eigenvalue weighted by molar-refractivity contribution is 9.10. The highest BCUT2D eigenvalue weighted by atomic mass is 79.9. The van der Waals surface area contributed by atoms with Gasteiger partial charge in [0.15, 0.2) is 0 Å². The topological polar surface area (TPSA) is 46.9 Å². The molecular weight excluding hydrogens is 294 g/mol. The fourth-order valence-corrected chi connectivity index (χ4v) is 2.75. The molecule has 0 unspecified atom stereocenters. The van der Waals surface area contributed by atoms with E-state index < -0.39 is 0 Å². The van der Waals surface area contributed by atoms with Crippen molar-refractivity contribution in [2.75, 3.05) is 5.32 Å². The largest absolute Gasteiger partial charge is 0.380 e. The Hall–Kier alpha value is -0.840. The van der Waals surface area contributed by atoms with Crippen molar-refractivity contribution < 1.29 is 0 Å². The van der Waals surface area contributed by atoms with Crippen molar-refractivity contribution in [3.05, 3.63) is 21.0 Å². The Kier molecular flexibility index (Phi) is 4.43. The maximum atomic E-state index is 12.1. The van der Waals surface area contributed by atoms with E-state index in [9.17, 15) is 4.79 Å². The molecule has 0 atom stereocenters. The van der Waals surface area contributed by atoms with Gasteiger partial charge in [-0.15, -0.1) is 0 Å². The number of aromatic nitrogens is 2. The molecule has 18 heavy (non-hydrogen) atoms. The van der Waals surface area contributed by atoms with E-state index in [-0.39, 0.29) is 5.56 Å². The molecule has 1 aliphatic rings. The summed E-state index contributed by atoms with van der Waals surface area (Å²) >= 11 is 3.39. The monoisotopic (exact) mass is 313 g/mol. The van der Waals surface area contributed by atoms with Crippen LogP contribution in [0, 0.1) is 5.92 Å². The first kappa shape index (κ1) is 13.6. The van der Waals surface area contributed by atoms with Crippen LogP contribution in [-0.4, -0.2) is 15.8 Å². The van der Waals surface area contributed by atoms with E-state index in [4.69, 9.17) is 0 Å².